The fraction of sp³-hybridized carbons (Fsp3) is 0.357. The molecule has 1 aromatic heterocycles. The summed E-state index contributed by atoms with van der Waals surface area (Å²) >= 11 is 18.2. The molecular weight excluding hydrogens is 317 g/mol. The minimum Gasteiger partial charge on any atom is -0.376 e. The highest BCUT2D eigenvalue weighted by Crippen LogP contribution is 2.36. The maximum absolute atomic E-state index is 6.24. The fourth-order valence-electron chi connectivity index (χ4n) is 1.90. The zero-order chi connectivity index (χ0) is 14.9. The van der Waals surface area contributed by atoms with Crippen LogP contribution in [0.2, 0.25) is 15.1 Å². The highest BCUT2D eigenvalue weighted by Gasteiger charge is 2.15. The van der Waals surface area contributed by atoms with E-state index in [1.807, 2.05) is 23.9 Å². The van der Waals surface area contributed by atoms with Gasteiger partial charge in [0.1, 0.15) is 0 Å². The lowest BCUT2D eigenvalue weighted by atomic mass is 10.1. The van der Waals surface area contributed by atoms with Crippen LogP contribution < -0.4 is 5.32 Å². The first-order valence-electron chi connectivity index (χ1n) is 6.34. The van der Waals surface area contributed by atoms with Gasteiger partial charge in [-0.3, -0.25) is 4.68 Å². The number of aromatic nitrogens is 2. The molecule has 1 heterocycles. The molecule has 0 fully saturated rings. The van der Waals surface area contributed by atoms with Gasteiger partial charge >= 0.3 is 0 Å². The Kier molecular flexibility index (Phi) is 4.84. The van der Waals surface area contributed by atoms with Crippen molar-refractivity contribution in [3.05, 3.63) is 45.2 Å². The first kappa shape index (κ1) is 15.5. The second-order valence-corrected chi connectivity index (χ2v) is 6.10. The molecule has 0 bridgehead atoms. The van der Waals surface area contributed by atoms with E-state index in [1.54, 1.807) is 12.3 Å². The van der Waals surface area contributed by atoms with Crippen molar-refractivity contribution in [2.24, 2.45) is 0 Å². The van der Waals surface area contributed by atoms with Gasteiger partial charge in [0.2, 0.25) is 0 Å². The third kappa shape index (κ3) is 3.22. The maximum atomic E-state index is 6.24. The summed E-state index contributed by atoms with van der Waals surface area (Å²) < 4.78 is 1.89. The molecule has 0 saturated carbocycles. The average Bonchev–Trinajstić information content (AvgIpc) is 2.84. The van der Waals surface area contributed by atoms with E-state index in [4.69, 9.17) is 34.8 Å². The van der Waals surface area contributed by atoms with Crippen LogP contribution in [0.25, 0.3) is 0 Å². The number of halogens is 3. The number of nitrogens with one attached hydrogen (secondary N) is 1. The van der Waals surface area contributed by atoms with Crippen LogP contribution in [0.3, 0.4) is 0 Å². The number of hydrogen-bond donors (Lipinski definition) is 1. The van der Waals surface area contributed by atoms with Gasteiger partial charge in [-0.25, -0.2) is 0 Å². The van der Waals surface area contributed by atoms with Gasteiger partial charge in [-0.1, -0.05) is 40.9 Å². The van der Waals surface area contributed by atoms with Gasteiger partial charge in [0.15, 0.2) is 0 Å². The molecule has 6 heteroatoms. The van der Waals surface area contributed by atoms with Crippen molar-refractivity contribution >= 4 is 40.5 Å². The molecule has 0 saturated heterocycles. The highest BCUT2D eigenvalue weighted by molar-refractivity contribution is 6.48. The van der Waals surface area contributed by atoms with Crippen LogP contribution in [0.5, 0.6) is 0 Å². The molecule has 1 atom stereocenters. The molecule has 0 aliphatic heterocycles. The molecule has 0 aliphatic rings. The monoisotopic (exact) mass is 331 g/mol. The van der Waals surface area contributed by atoms with E-state index in [0.717, 1.165) is 11.3 Å². The summed E-state index contributed by atoms with van der Waals surface area (Å²) in [7, 11) is 0. The van der Waals surface area contributed by atoms with Crippen molar-refractivity contribution < 1.29 is 0 Å². The topological polar surface area (TPSA) is 29.9 Å². The van der Waals surface area contributed by atoms with E-state index in [-0.39, 0.29) is 6.04 Å². The predicted molar refractivity (Wildman–Crippen MR) is 86.1 cm³/mol. The Bertz CT molecular complexity index is 608. The summed E-state index contributed by atoms with van der Waals surface area (Å²) in [6.07, 6.45) is 3.76. The van der Waals surface area contributed by atoms with Crippen molar-refractivity contribution in [3.8, 4) is 0 Å². The lowest BCUT2D eigenvalue weighted by molar-refractivity contribution is 0.532. The van der Waals surface area contributed by atoms with Crippen LogP contribution >= 0.6 is 34.8 Å². The van der Waals surface area contributed by atoms with Crippen molar-refractivity contribution in [2.75, 3.05) is 5.32 Å². The van der Waals surface area contributed by atoms with Crippen LogP contribution in [-0.2, 0) is 0 Å². The Balaban J connectivity index is 2.19. The van der Waals surface area contributed by atoms with Gasteiger partial charge in [-0.15, -0.1) is 0 Å². The van der Waals surface area contributed by atoms with Crippen molar-refractivity contribution in [3.63, 3.8) is 0 Å². The molecule has 3 nitrogen and oxygen atoms in total. The number of anilines is 1. The van der Waals surface area contributed by atoms with E-state index in [2.05, 4.69) is 24.3 Å². The summed E-state index contributed by atoms with van der Waals surface area (Å²) in [5.74, 6) is 0. The highest BCUT2D eigenvalue weighted by atomic mass is 35.5. The summed E-state index contributed by atoms with van der Waals surface area (Å²) in [4.78, 5) is 0. The van der Waals surface area contributed by atoms with Crippen LogP contribution in [-0.4, -0.2) is 9.78 Å². The zero-order valence-corrected chi connectivity index (χ0v) is 13.8. The van der Waals surface area contributed by atoms with Crippen LogP contribution in [0.4, 0.5) is 5.69 Å². The zero-order valence-electron chi connectivity index (χ0n) is 11.5. The first-order chi connectivity index (χ1) is 9.40. The summed E-state index contributed by atoms with van der Waals surface area (Å²) in [6, 6.07) is 3.96. The molecule has 0 radical (unpaired) electrons. The lowest BCUT2D eigenvalue weighted by Crippen LogP contribution is -2.07. The van der Waals surface area contributed by atoms with E-state index in [0.29, 0.717) is 21.1 Å². The van der Waals surface area contributed by atoms with Crippen molar-refractivity contribution in [1.82, 2.24) is 9.78 Å². The Labute approximate surface area is 133 Å². The third-order valence-electron chi connectivity index (χ3n) is 3.05. The SMILES string of the molecule is CC(Nc1cnn(C(C)C)c1)c1ccc(Cl)c(Cl)c1Cl. The molecule has 2 rings (SSSR count). The van der Waals surface area contributed by atoms with E-state index in [1.165, 1.54) is 0 Å². The molecule has 1 aromatic carbocycles. The molecule has 0 aliphatic carbocycles. The summed E-state index contributed by atoms with van der Waals surface area (Å²) in [5.41, 5.74) is 1.84. The Morgan fingerprint density at radius 2 is 1.80 bits per heavy atom. The van der Waals surface area contributed by atoms with Crippen LogP contribution in [0.15, 0.2) is 24.5 Å². The quantitative estimate of drug-likeness (QED) is 0.739. The van der Waals surface area contributed by atoms with Gasteiger partial charge in [0.05, 0.1) is 33.0 Å². The number of rotatable bonds is 4. The molecule has 108 valence electrons. The Morgan fingerprint density at radius 3 is 2.40 bits per heavy atom. The Hall–Kier alpha value is -0.900. The third-order valence-corrected chi connectivity index (χ3v) is 4.35. The molecule has 20 heavy (non-hydrogen) atoms. The second kappa shape index (κ2) is 6.25. The van der Waals surface area contributed by atoms with Gasteiger partial charge in [-0.05, 0) is 32.4 Å². The number of hydrogen-bond acceptors (Lipinski definition) is 2. The largest absolute Gasteiger partial charge is 0.376 e. The van der Waals surface area contributed by atoms with Gasteiger partial charge in [-0.2, -0.15) is 5.10 Å². The maximum Gasteiger partial charge on any atom is 0.0782 e. The smallest absolute Gasteiger partial charge is 0.0782 e. The predicted octanol–water partition coefficient (Wildman–Crippen LogP) is 5.60. The standard InChI is InChI=1S/C14H16Cl3N3/c1-8(2)20-7-10(6-18-20)19-9(3)11-4-5-12(15)14(17)13(11)16/h4-9,19H,1-3H3. The molecule has 1 unspecified atom stereocenters. The van der Waals surface area contributed by atoms with E-state index >= 15 is 0 Å². The average molecular weight is 333 g/mol. The molecule has 2 aromatic rings. The minimum atomic E-state index is 0.00192. The normalized spacial score (nSPS) is 12.8. The van der Waals surface area contributed by atoms with Crippen LogP contribution in [0.1, 0.15) is 38.4 Å². The summed E-state index contributed by atoms with van der Waals surface area (Å²) in [6.45, 7) is 6.17. The fourth-order valence-corrected chi connectivity index (χ4v) is 2.60. The Morgan fingerprint density at radius 1 is 1.10 bits per heavy atom. The molecular formula is C14H16Cl3N3. The van der Waals surface area contributed by atoms with Gasteiger partial charge in [0, 0.05) is 12.2 Å². The number of nitrogens with zero attached hydrogens (tertiary/aromatic N) is 2. The second-order valence-electron chi connectivity index (χ2n) is 4.93. The van der Waals surface area contributed by atoms with Gasteiger partial charge < -0.3 is 5.32 Å². The lowest BCUT2D eigenvalue weighted by Gasteiger charge is -2.16. The molecule has 1 N–H and O–H groups in total. The summed E-state index contributed by atoms with van der Waals surface area (Å²) in [5, 5.41) is 8.97. The van der Waals surface area contributed by atoms with Crippen LogP contribution in [0, 0.1) is 0 Å². The molecule has 0 spiro atoms. The van der Waals surface area contributed by atoms with E-state index in [9.17, 15) is 0 Å². The van der Waals surface area contributed by atoms with Crippen molar-refractivity contribution in [2.45, 2.75) is 32.9 Å². The first-order valence-corrected chi connectivity index (χ1v) is 7.47. The number of benzene rings is 1. The minimum absolute atomic E-state index is 0.00192. The van der Waals surface area contributed by atoms with Gasteiger partial charge in [0.25, 0.3) is 0 Å². The van der Waals surface area contributed by atoms with Crippen molar-refractivity contribution in [1.29, 1.82) is 0 Å². The van der Waals surface area contributed by atoms with E-state index < -0.39 is 0 Å². The molecule has 0 amide bonds.